The van der Waals surface area contributed by atoms with Crippen LogP contribution in [0.4, 0.5) is 5.95 Å². The Morgan fingerprint density at radius 3 is 2.72 bits per heavy atom. The van der Waals surface area contributed by atoms with Crippen LogP contribution in [-0.2, 0) is 0 Å². The average Bonchev–Trinajstić information content (AvgIpc) is 3.29. The minimum atomic E-state index is 0.495. The molecule has 0 unspecified atom stereocenters. The summed E-state index contributed by atoms with van der Waals surface area (Å²) in [5, 5.41) is 10.8. The maximum absolute atomic E-state index is 9.52. The highest BCUT2D eigenvalue weighted by Gasteiger charge is 2.14. The summed E-state index contributed by atoms with van der Waals surface area (Å²) < 4.78 is 1.00. The molecule has 124 valence electrons. The number of nitrogens with zero attached hydrogens (tertiary/aromatic N) is 5. The van der Waals surface area contributed by atoms with Crippen molar-refractivity contribution < 1.29 is 0 Å². The lowest BCUT2D eigenvalue weighted by Crippen LogP contribution is -2.20. The summed E-state index contributed by atoms with van der Waals surface area (Å²) in [5.41, 5.74) is 2.08. The first-order valence-corrected chi connectivity index (χ1v) is 9.17. The fourth-order valence-corrected chi connectivity index (χ4v) is 3.89. The van der Waals surface area contributed by atoms with E-state index >= 15 is 0 Å². The molecule has 3 aromatic rings. The largest absolute Gasteiger partial charge is 0.341 e. The van der Waals surface area contributed by atoms with Crippen molar-refractivity contribution in [1.29, 1.82) is 5.26 Å². The molecule has 2 aromatic heterocycles. The molecule has 7 heteroatoms. The zero-order valence-electron chi connectivity index (χ0n) is 13.3. The van der Waals surface area contributed by atoms with Gasteiger partial charge in [-0.2, -0.15) is 5.26 Å². The monoisotopic (exact) mass is 367 g/mol. The Morgan fingerprint density at radius 2 is 2.00 bits per heavy atom. The van der Waals surface area contributed by atoms with Gasteiger partial charge >= 0.3 is 0 Å². The second-order valence-corrected chi connectivity index (χ2v) is 7.28. The Bertz CT molecular complexity index is 981. The SMILES string of the molecule is N#C/C(=C\c1cnc(N2CCCC2)nc1)c1nc2cc(Cl)ccc2s1. The predicted molar refractivity (Wildman–Crippen MR) is 102 cm³/mol. The van der Waals surface area contributed by atoms with E-state index in [2.05, 4.69) is 25.9 Å². The number of hydrogen-bond acceptors (Lipinski definition) is 6. The van der Waals surface area contributed by atoms with Crippen LogP contribution in [0.3, 0.4) is 0 Å². The second kappa shape index (κ2) is 6.79. The van der Waals surface area contributed by atoms with Crippen molar-refractivity contribution in [3.8, 4) is 6.07 Å². The maximum atomic E-state index is 9.52. The third-order valence-electron chi connectivity index (χ3n) is 4.06. The van der Waals surface area contributed by atoms with Gasteiger partial charge in [-0.1, -0.05) is 11.6 Å². The van der Waals surface area contributed by atoms with Gasteiger partial charge in [0.2, 0.25) is 5.95 Å². The molecule has 0 bridgehead atoms. The summed E-state index contributed by atoms with van der Waals surface area (Å²) in [4.78, 5) is 15.5. The van der Waals surface area contributed by atoms with Crippen molar-refractivity contribution >= 4 is 50.8 Å². The maximum Gasteiger partial charge on any atom is 0.225 e. The van der Waals surface area contributed by atoms with Crippen molar-refractivity contribution in [2.75, 3.05) is 18.0 Å². The van der Waals surface area contributed by atoms with Gasteiger partial charge in [-0.05, 0) is 37.1 Å². The zero-order chi connectivity index (χ0) is 17.2. The third kappa shape index (κ3) is 3.34. The van der Waals surface area contributed by atoms with E-state index in [0.29, 0.717) is 15.6 Å². The lowest BCUT2D eigenvalue weighted by Gasteiger charge is -2.14. The van der Waals surface area contributed by atoms with Crippen molar-refractivity contribution in [2.45, 2.75) is 12.8 Å². The van der Waals surface area contributed by atoms with E-state index in [4.69, 9.17) is 11.6 Å². The minimum Gasteiger partial charge on any atom is -0.341 e. The molecule has 0 N–H and O–H groups in total. The number of nitriles is 1. The van der Waals surface area contributed by atoms with Crippen LogP contribution in [0.1, 0.15) is 23.4 Å². The quantitative estimate of drug-likeness (QED) is 0.642. The van der Waals surface area contributed by atoms with Crippen LogP contribution in [0, 0.1) is 11.3 Å². The van der Waals surface area contributed by atoms with E-state index in [-0.39, 0.29) is 0 Å². The molecule has 25 heavy (non-hydrogen) atoms. The standard InChI is InChI=1S/C18H14ClN5S/c19-14-3-4-16-15(8-14)23-17(25-16)13(9-20)7-12-10-21-18(22-11-12)24-5-1-2-6-24/h3-4,7-8,10-11H,1-2,5-6H2/b13-7+. The number of halogens is 1. The molecule has 3 heterocycles. The number of rotatable bonds is 3. The fourth-order valence-electron chi connectivity index (χ4n) is 2.81. The molecule has 1 aliphatic heterocycles. The van der Waals surface area contributed by atoms with E-state index in [1.807, 2.05) is 12.1 Å². The number of allylic oxidation sites excluding steroid dienone is 1. The summed E-state index contributed by atoms with van der Waals surface area (Å²) in [6, 6.07) is 7.77. The van der Waals surface area contributed by atoms with E-state index in [1.165, 1.54) is 24.2 Å². The van der Waals surface area contributed by atoms with Crippen LogP contribution < -0.4 is 4.90 Å². The van der Waals surface area contributed by atoms with Crippen LogP contribution in [0.5, 0.6) is 0 Å². The third-order valence-corrected chi connectivity index (χ3v) is 5.36. The topological polar surface area (TPSA) is 65.7 Å². The molecule has 0 aliphatic carbocycles. The Morgan fingerprint density at radius 1 is 1.24 bits per heavy atom. The van der Waals surface area contributed by atoms with Gasteiger partial charge in [-0.25, -0.2) is 15.0 Å². The number of aromatic nitrogens is 3. The molecule has 5 nitrogen and oxygen atoms in total. The van der Waals surface area contributed by atoms with E-state index in [1.54, 1.807) is 24.5 Å². The summed E-state index contributed by atoms with van der Waals surface area (Å²) in [6.07, 6.45) is 7.65. The molecule has 0 atom stereocenters. The van der Waals surface area contributed by atoms with Crippen molar-refractivity contribution in [3.63, 3.8) is 0 Å². The molecule has 1 fully saturated rings. The highest BCUT2D eigenvalue weighted by Crippen LogP contribution is 2.29. The van der Waals surface area contributed by atoms with Crippen LogP contribution in [0.25, 0.3) is 21.9 Å². The summed E-state index contributed by atoms with van der Waals surface area (Å²) >= 11 is 7.48. The van der Waals surface area contributed by atoms with Crippen LogP contribution >= 0.6 is 22.9 Å². The van der Waals surface area contributed by atoms with E-state index in [9.17, 15) is 5.26 Å². The van der Waals surface area contributed by atoms with Crippen molar-refractivity contribution in [2.24, 2.45) is 0 Å². The first kappa shape index (κ1) is 16.0. The number of thiazole rings is 1. The second-order valence-electron chi connectivity index (χ2n) is 5.81. The van der Waals surface area contributed by atoms with Gasteiger partial charge in [0.15, 0.2) is 0 Å². The minimum absolute atomic E-state index is 0.495. The summed E-state index contributed by atoms with van der Waals surface area (Å²) in [7, 11) is 0. The first-order valence-electron chi connectivity index (χ1n) is 7.98. The molecule has 0 saturated carbocycles. The molecule has 0 spiro atoms. The van der Waals surface area contributed by atoms with Gasteiger partial charge in [-0.3, -0.25) is 0 Å². The van der Waals surface area contributed by atoms with Crippen LogP contribution in [-0.4, -0.2) is 28.0 Å². The molecule has 1 aromatic carbocycles. The number of anilines is 1. The molecular formula is C18H14ClN5S. The highest BCUT2D eigenvalue weighted by atomic mass is 35.5. The van der Waals surface area contributed by atoms with Gasteiger partial charge in [0.1, 0.15) is 11.1 Å². The van der Waals surface area contributed by atoms with E-state index in [0.717, 1.165) is 34.8 Å². The summed E-state index contributed by atoms with van der Waals surface area (Å²) in [6.45, 7) is 2.01. The predicted octanol–water partition coefficient (Wildman–Crippen LogP) is 4.40. The summed E-state index contributed by atoms with van der Waals surface area (Å²) in [5.74, 6) is 0.753. The Labute approximate surface area is 154 Å². The molecule has 1 saturated heterocycles. The van der Waals surface area contributed by atoms with Gasteiger partial charge in [-0.15, -0.1) is 11.3 Å². The number of hydrogen-bond donors (Lipinski definition) is 0. The van der Waals surface area contributed by atoms with Gasteiger partial charge < -0.3 is 4.90 Å². The van der Waals surface area contributed by atoms with Crippen molar-refractivity contribution in [3.05, 3.63) is 46.2 Å². The molecular weight excluding hydrogens is 354 g/mol. The molecule has 0 radical (unpaired) electrons. The Hall–Kier alpha value is -2.49. The van der Waals surface area contributed by atoms with E-state index < -0.39 is 0 Å². The average molecular weight is 368 g/mol. The molecule has 4 rings (SSSR count). The number of fused-ring (bicyclic) bond motifs is 1. The van der Waals surface area contributed by atoms with Gasteiger partial charge in [0, 0.05) is 36.1 Å². The lowest BCUT2D eigenvalue weighted by molar-refractivity contribution is 0.897. The van der Waals surface area contributed by atoms with Gasteiger partial charge in [0.25, 0.3) is 0 Å². The molecule has 1 aliphatic rings. The first-order chi connectivity index (χ1) is 12.2. The van der Waals surface area contributed by atoms with Gasteiger partial charge in [0.05, 0.1) is 15.8 Å². The Balaban J connectivity index is 1.64. The fraction of sp³-hybridized carbons (Fsp3) is 0.222. The normalized spacial score (nSPS) is 14.9. The van der Waals surface area contributed by atoms with Crippen molar-refractivity contribution in [1.82, 2.24) is 15.0 Å². The zero-order valence-corrected chi connectivity index (χ0v) is 14.9. The van der Waals surface area contributed by atoms with Crippen LogP contribution in [0.2, 0.25) is 5.02 Å². The smallest absolute Gasteiger partial charge is 0.225 e. The molecule has 0 amide bonds. The number of benzene rings is 1. The van der Waals surface area contributed by atoms with Crippen LogP contribution in [0.15, 0.2) is 30.6 Å². The Kier molecular flexibility index (Phi) is 4.35. The highest BCUT2D eigenvalue weighted by molar-refractivity contribution is 7.19. The lowest BCUT2D eigenvalue weighted by atomic mass is 10.2.